The second-order valence-corrected chi connectivity index (χ2v) is 4.23. The van der Waals surface area contributed by atoms with Crippen LogP contribution in [0.5, 0.6) is 0 Å². The van der Waals surface area contributed by atoms with E-state index in [1.807, 2.05) is 0 Å². The number of carbonyl (C=O) groups excluding carboxylic acids is 1. The molecule has 14 heavy (non-hydrogen) atoms. The fraction of sp³-hybridized carbons (Fsp3) is 0.222. The minimum atomic E-state index is -0.460. The van der Waals surface area contributed by atoms with Gasteiger partial charge in [0.2, 0.25) is 0 Å². The smallest absolute Gasteiger partial charge is 0.310 e. The number of halogens is 3. The molecule has 5 heteroatoms. The Balaban J connectivity index is 3.00. The van der Waals surface area contributed by atoms with Crippen molar-refractivity contribution >= 4 is 37.8 Å². The zero-order chi connectivity index (χ0) is 10.7. The predicted octanol–water partition coefficient (Wildman–Crippen LogP) is 3.07. The predicted molar refractivity (Wildman–Crippen MR) is 57.5 cm³/mol. The number of carbonyl (C=O) groups is 1. The summed E-state index contributed by atoms with van der Waals surface area (Å²) in [5, 5.41) is 0. The van der Waals surface area contributed by atoms with E-state index >= 15 is 0 Å². The van der Waals surface area contributed by atoms with Crippen molar-refractivity contribution in [1.29, 1.82) is 0 Å². The largest absolute Gasteiger partial charge is 0.469 e. The van der Waals surface area contributed by atoms with Crippen LogP contribution >= 0.6 is 31.9 Å². The van der Waals surface area contributed by atoms with Crippen LogP contribution in [0.25, 0.3) is 0 Å². The molecule has 0 radical (unpaired) electrons. The van der Waals surface area contributed by atoms with E-state index < -0.39 is 11.8 Å². The van der Waals surface area contributed by atoms with Crippen molar-refractivity contribution in [2.75, 3.05) is 7.11 Å². The number of hydrogen-bond donors (Lipinski definition) is 0. The highest BCUT2D eigenvalue weighted by molar-refractivity contribution is 9.13. The Morgan fingerprint density at radius 2 is 2.14 bits per heavy atom. The summed E-state index contributed by atoms with van der Waals surface area (Å²) in [6, 6.07) is 3.21. The Morgan fingerprint density at radius 3 is 2.71 bits per heavy atom. The normalized spacial score (nSPS) is 10.0. The molecule has 0 fully saturated rings. The fourth-order valence-electron chi connectivity index (χ4n) is 0.930. The number of rotatable bonds is 2. The molecule has 0 spiro atoms. The zero-order valence-corrected chi connectivity index (χ0v) is 10.5. The second-order valence-electron chi connectivity index (χ2n) is 2.59. The van der Waals surface area contributed by atoms with E-state index in [0.29, 0.717) is 14.5 Å². The third-order valence-electron chi connectivity index (χ3n) is 1.68. The van der Waals surface area contributed by atoms with Crippen LogP contribution in [0.3, 0.4) is 0 Å². The molecule has 0 aliphatic heterocycles. The zero-order valence-electron chi connectivity index (χ0n) is 7.31. The lowest BCUT2D eigenvalue weighted by Gasteiger charge is -2.04. The van der Waals surface area contributed by atoms with Gasteiger partial charge in [0.15, 0.2) is 0 Å². The summed E-state index contributed by atoms with van der Waals surface area (Å²) in [5.41, 5.74) is 0.312. The molecule has 1 aromatic carbocycles. The maximum Gasteiger partial charge on any atom is 0.310 e. The summed E-state index contributed by atoms with van der Waals surface area (Å²) >= 11 is 6.23. The second kappa shape index (κ2) is 4.89. The van der Waals surface area contributed by atoms with Gasteiger partial charge in [-0.05, 0) is 37.9 Å². The maximum absolute atomic E-state index is 13.5. The van der Waals surface area contributed by atoms with E-state index in [-0.39, 0.29) is 6.42 Å². The first kappa shape index (κ1) is 11.7. The lowest BCUT2D eigenvalue weighted by atomic mass is 10.1. The standard InChI is InChI=1S/C9H7Br2FO2/c1-14-7(13)4-5-2-3-6(10)8(11)9(5)12/h2-3H,4H2,1H3. The molecule has 2 nitrogen and oxygen atoms in total. The Morgan fingerprint density at radius 1 is 1.50 bits per heavy atom. The summed E-state index contributed by atoms with van der Waals surface area (Å²) in [6.07, 6.45) is -0.0613. The molecule has 0 aromatic heterocycles. The van der Waals surface area contributed by atoms with Gasteiger partial charge in [-0.2, -0.15) is 0 Å². The van der Waals surface area contributed by atoms with Gasteiger partial charge >= 0.3 is 5.97 Å². The van der Waals surface area contributed by atoms with Crippen molar-refractivity contribution in [3.63, 3.8) is 0 Å². The van der Waals surface area contributed by atoms with E-state index in [1.165, 1.54) is 7.11 Å². The summed E-state index contributed by atoms with van der Waals surface area (Å²) in [4.78, 5) is 10.9. The van der Waals surface area contributed by atoms with Crippen LogP contribution in [0.4, 0.5) is 4.39 Å². The Labute approximate surface area is 97.7 Å². The summed E-state index contributed by atoms with van der Waals surface area (Å²) < 4.78 is 18.9. The highest BCUT2D eigenvalue weighted by Crippen LogP contribution is 2.28. The quantitative estimate of drug-likeness (QED) is 0.617. The van der Waals surface area contributed by atoms with E-state index in [9.17, 15) is 9.18 Å². The molecule has 0 saturated carbocycles. The summed E-state index contributed by atoms with van der Waals surface area (Å²) in [7, 11) is 1.27. The summed E-state index contributed by atoms with van der Waals surface area (Å²) in [6.45, 7) is 0. The molecule has 0 aliphatic carbocycles. The molecule has 0 N–H and O–H groups in total. The van der Waals surface area contributed by atoms with Crippen LogP contribution < -0.4 is 0 Å². The van der Waals surface area contributed by atoms with Crippen molar-refractivity contribution in [2.45, 2.75) is 6.42 Å². The first-order chi connectivity index (χ1) is 6.56. The van der Waals surface area contributed by atoms with E-state index in [1.54, 1.807) is 12.1 Å². The minimum absolute atomic E-state index is 0.0613. The lowest BCUT2D eigenvalue weighted by Crippen LogP contribution is -2.06. The number of methoxy groups -OCH3 is 1. The van der Waals surface area contributed by atoms with Crippen LogP contribution in [-0.4, -0.2) is 13.1 Å². The van der Waals surface area contributed by atoms with E-state index in [0.717, 1.165) is 0 Å². The van der Waals surface area contributed by atoms with Crippen molar-refractivity contribution in [3.8, 4) is 0 Å². The number of esters is 1. The van der Waals surface area contributed by atoms with Crippen molar-refractivity contribution in [3.05, 3.63) is 32.5 Å². The van der Waals surface area contributed by atoms with Gasteiger partial charge < -0.3 is 4.74 Å². The monoisotopic (exact) mass is 324 g/mol. The van der Waals surface area contributed by atoms with E-state index in [4.69, 9.17) is 0 Å². The highest BCUT2D eigenvalue weighted by atomic mass is 79.9. The molecule has 1 rings (SSSR count). The SMILES string of the molecule is COC(=O)Cc1ccc(Br)c(Br)c1F. The Hall–Kier alpha value is -0.420. The molecule has 0 saturated heterocycles. The molecular weight excluding hydrogens is 319 g/mol. The lowest BCUT2D eigenvalue weighted by molar-refractivity contribution is -0.139. The van der Waals surface area contributed by atoms with Crippen LogP contribution in [0.2, 0.25) is 0 Å². The van der Waals surface area contributed by atoms with Gasteiger partial charge in [-0.3, -0.25) is 4.79 Å². The third kappa shape index (κ3) is 2.54. The van der Waals surface area contributed by atoms with Crippen molar-refractivity contribution in [1.82, 2.24) is 0 Å². The summed E-state index contributed by atoms with van der Waals surface area (Å²) in [5.74, 6) is -0.900. The van der Waals surface area contributed by atoms with Gasteiger partial charge in [0.1, 0.15) is 5.82 Å². The van der Waals surface area contributed by atoms with Gasteiger partial charge in [0, 0.05) is 10.0 Å². The number of benzene rings is 1. The van der Waals surface area contributed by atoms with E-state index in [2.05, 4.69) is 36.6 Å². The maximum atomic E-state index is 13.5. The average Bonchev–Trinajstić information content (AvgIpc) is 2.19. The fourth-order valence-corrected chi connectivity index (χ4v) is 1.62. The Bertz CT molecular complexity index is 366. The van der Waals surface area contributed by atoms with Crippen LogP contribution in [0.15, 0.2) is 21.1 Å². The first-order valence-electron chi connectivity index (χ1n) is 3.75. The minimum Gasteiger partial charge on any atom is -0.469 e. The Kier molecular flexibility index (Phi) is 4.07. The number of ether oxygens (including phenoxy) is 1. The highest BCUT2D eigenvalue weighted by Gasteiger charge is 2.12. The van der Waals surface area contributed by atoms with Gasteiger partial charge in [0.05, 0.1) is 18.0 Å². The molecule has 0 bridgehead atoms. The van der Waals surface area contributed by atoms with Crippen molar-refractivity contribution < 1.29 is 13.9 Å². The van der Waals surface area contributed by atoms with Crippen LogP contribution in [0, 0.1) is 5.82 Å². The molecular formula is C9H7Br2FO2. The first-order valence-corrected chi connectivity index (χ1v) is 5.34. The molecule has 0 unspecified atom stereocenters. The third-order valence-corrected chi connectivity index (χ3v) is 3.65. The van der Waals surface area contributed by atoms with Gasteiger partial charge in [-0.25, -0.2) is 4.39 Å². The van der Waals surface area contributed by atoms with Gasteiger partial charge in [-0.15, -0.1) is 0 Å². The van der Waals surface area contributed by atoms with Gasteiger partial charge in [0.25, 0.3) is 0 Å². The molecule has 0 heterocycles. The molecule has 0 amide bonds. The molecule has 0 atom stereocenters. The topological polar surface area (TPSA) is 26.3 Å². The number of hydrogen-bond acceptors (Lipinski definition) is 2. The average molecular weight is 326 g/mol. The van der Waals surface area contributed by atoms with Crippen LogP contribution in [0.1, 0.15) is 5.56 Å². The van der Waals surface area contributed by atoms with Crippen LogP contribution in [-0.2, 0) is 16.0 Å². The van der Waals surface area contributed by atoms with Gasteiger partial charge in [-0.1, -0.05) is 6.07 Å². The molecule has 0 aliphatic rings. The van der Waals surface area contributed by atoms with Crippen molar-refractivity contribution in [2.24, 2.45) is 0 Å². The molecule has 1 aromatic rings. The molecule has 76 valence electrons.